The Kier molecular flexibility index (Phi) is 4.79. The van der Waals surface area contributed by atoms with Crippen LogP contribution in [0.1, 0.15) is 5.56 Å². The molecule has 14 heavy (non-hydrogen) atoms. The summed E-state index contributed by atoms with van der Waals surface area (Å²) in [5, 5.41) is 0.285. The predicted octanol–water partition coefficient (Wildman–Crippen LogP) is 1.21. The maximum atomic E-state index is 5.58. The third kappa shape index (κ3) is 4.00. The highest BCUT2D eigenvalue weighted by Gasteiger charge is 2.00. The molecule has 0 aliphatic carbocycles. The quantitative estimate of drug-likeness (QED) is 0.692. The number of nitrogens with zero attached hydrogens (tertiary/aromatic N) is 3. The molecule has 0 aromatic carbocycles. The molecule has 0 spiro atoms. The van der Waals surface area contributed by atoms with E-state index in [1.165, 1.54) is 0 Å². The Morgan fingerprint density at radius 3 is 2.64 bits per heavy atom. The predicted molar refractivity (Wildman–Crippen MR) is 55.3 cm³/mol. The molecule has 5 heteroatoms. The van der Waals surface area contributed by atoms with Crippen molar-refractivity contribution in [2.45, 2.75) is 6.54 Å². The van der Waals surface area contributed by atoms with Gasteiger partial charge in [-0.25, -0.2) is 9.97 Å². The van der Waals surface area contributed by atoms with Gasteiger partial charge < -0.3 is 4.74 Å². The highest BCUT2D eigenvalue weighted by Crippen LogP contribution is 2.03. The van der Waals surface area contributed by atoms with Crippen LogP contribution in [-0.4, -0.2) is 42.2 Å². The fourth-order valence-electron chi connectivity index (χ4n) is 1.06. The van der Waals surface area contributed by atoms with E-state index >= 15 is 0 Å². The van der Waals surface area contributed by atoms with Crippen LogP contribution in [0, 0.1) is 0 Å². The molecule has 0 atom stereocenters. The summed E-state index contributed by atoms with van der Waals surface area (Å²) in [6.45, 7) is 2.42. The first-order valence-electron chi connectivity index (χ1n) is 4.36. The van der Waals surface area contributed by atoms with Gasteiger partial charge in [-0.15, -0.1) is 0 Å². The number of likely N-dealkylation sites (N-methyl/N-ethyl adjacent to an activating group) is 1. The summed E-state index contributed by atoms with van der Waals surface area (Å²) in [5.41, 5.74) is 1.05. The smallest absolute Gasteiger partial charge is 0.222 e. The number of hydrogen-bond acceptors (Lipinski definition) is 4. The van der Waals surface area contributed by atoms with Gasteiger partial charge in [0.2, 0.25) is 5.28 Å². The summed E-state index contributed by atoms with van der Waals surface area (Å²) in [4.78, 5) is 9.95. The summed E-state index contributed by atoms with van der Waals surface area (Å²) >= 11 is 5.58. The van der Waals surface area contributed by atoms with Crippen LogP contribution in [0.15, 0.2) is 12.4 Å². The SMILES string of the molecule is COCCN(C)Cc1cnc(Cl)nc1. The molecule has 0 saturated heterocycles. The summed E-state index contributed by atoms with van der Waals surface area (Å²) < 4.78 is 4.98. The minimum Gasteiger partial charge on any atom is -0.383 e. The molecule has 1 aromatic rings. The average molecular weight is 216 g/mol. The third-order valence-electron chi connectivity index (χ3n) is 1.80. The second kappa shape index (κ2) is 5.90. The average Bonchev–Trinajstić information content (AvgIpc) is 2.18. The van der Waals surface area contributed by atoms with Gasteiger partial charge in [0.25, 0.3) is 0 Å². The first-order chi connectivity index (χ1) is 6.72. The van der Waals surface area contributed by atoms with Crippen LogP contribution in [0.3, 0.4) is 0 Å². The minimum absolute atomic E-state index is 0.285. The van der Waals surface area contributed by atoms with Gasteiger partial charge in [0.1, 0.15) is 0 Å². The topological polar surface area (TPSA) is 38.2 Å². The van der Waals surface area contributed by atoms with E-state index < -0.39 is 0 Å². The molecule has 0 aliphatic heterocycles. The highest BCUT2D eigenvalue weighted by molar-refractivity contribution is 6.28. The molecule has 78 valence electrons. The molecule has 0 radical (unpaired) electrons. The maximum absolute atomic E-state index is 5.58. The van der Waals surface area contributed by atoms with Crippen LogP contribution < -0.4 is 0 Å². The lowest BCUT2D eigenvalue weighted by Gasteiger charge is -2.15. The van der Waals surface area contributed by atoms with Crippen molar-refractivity contribution < 1.29 is 4.74 Å². The number of hydrogen-bond donors (Lipinski definition) is 0. The lowest BCUT2D eigenvalue weighted by atomic mass is 10.3. The zero-order chi connectivity index (χ0) is 10.4. The lowest BCUT2D eigenvalue weighted by molar-refractivity contribution is 0.158. The van der Waals surface area contributed by atoms with Crippen molar-refractivity contribution in [1.29, 1.82) is 0 Å². The van der Waals surface area contributed by atoms with Gasteiger partial charge >= 0.3 is 0 Å². The van der Waals surface area contributed by atoms with Crippen molar-refractivity contribution in [3.63, 3.8) is 0 Å². The van der Waals surface area contributed by atoms with Crippen LogP contribution in [0.4, 0.5) is 0 Å². The molecule has 0 saturated carbocycles. The van der Waals surface area contributed by atoms with E-state index in [4.69, 9.17) is 16.3 Å². The Hall–Kier alpha value is -0.710. The Labute approximate surface area is 88.9 Å². The van der Waals surface area contributed by atoms with Crippen LogP contribution in [0.25, 0.3) is 0 Å². The van der Waals surface area contributed by atoms with Gasteiger partial charge in [0.05, 0.1) is 6.61 Å². The molecular formula is C9H14ClN3O. The van der Waals surface area contributed by atoms with Crippen LogP contribution in [-0.2, 0) is 11.3 Å². The standard InChI is InChI=1S/C9H14ClN3O/c1-13(3-4-14-2)7-8-5-11-9(10)12-6-8/h5-6H,3-4,7H2,1-2H3. The number of methoxy groups -OCH3 is 1. The van der Waals surface area contributed by atoms with Crippen molar-refractivity contribution in [3.8, 4) is 0 Å². The molecule has 1 rings (SSSR count). The second-order valence-electron chi connectivity index (χ2n) is 3.09. The van der Waals surface area contributed by atoms with E-state index in [1.54, 1.807) is 19.5 Å². The van der Waals surface area contributed by atoms with Crippen molar-refractivity contribution in [2.75, 3.05) is 27.3 Å². The zero-order valence-electron chi connectivity index (χ0n) is 8.40. The van der Waals surface area contributed by atoms with Crippen molar-refractivity contribution in [1.82, 2.24) is 14.9 Å². The monoisotopic (exact) mass is 215 g/mol. The van der Waals surface area contributed by atoms with E-state index in [-0.39, 0.29) is 5.28 Å². The number of aromatic nitrogens is 2. The Morgan fingerprint density at radius 2 is 2.07 bits per heavy atom. The van der Waals surface area contributed by atoms with Crippen molar-refractivity contribution >= 4 is 11.6 Å². The van der Waals surface area contributed by atoms with Gasteiger partial charge in [-0.3, -0.25) is 4.90 Å². The van der Waals surface area contributed by atoms with E-state index in [9.17, 15) is 0 Å². The molecule has 0 amide bonds. The molecule has 4 nitrogen and oxygen atoms in total. The van der Waals surface area contributed by atoms with Crippen molar-refractivity contribution in [3.05, 3.63) is 23.2 Å². The van der Waals surface area contributed by atoms with Crippen LogP contribution >= 0.6 is 11.6 Å². The summed E-state index contributed by atoms with van der Waals surface area (Å²) in [6.07, 6.45) is 3.47. The lowest BCUT2D eigenvalue weighted by Crippen LogP contribution is -2.22. The molecule has 0 fully saturated rings. The Bertz CT molecular complexity index is 265. The molecule has 1 heterocycles. The van der Waals surface area contributed by atoms with Gasteiger partial charge in [-0.2, -0.15) is 0 Å². The number of ether oxygens (including phenoxy) is 1. The summed E-state index contributed by atoms with van der Waals surface area (Å²) in [5.74, 6) is 0. The number of rotatable bonds is 5. The van der Waals surface area contributed by atoms with Gasteiger partial charge in [0, 0.05) is 38.2 Å². The molecule has 1 aromatic heterocycles. The fraction of sp³-hybridized carbons (Fsp3) is 0.556. The maximum Gasteiger partial charge on any atom is 0.222 e. The van der Waals surface area contributed by atoms with Crippen LogP contribution in [0.5, 0.6) is 0 Å². The fourth-order valence-corrected chi connectivity index (χ4v) is 1.16. The van der Waals surface area contributed by atoms with Gasteiger partial charge in [-0.1, -0.05) is 0 Å². The minimum atomic E-state index is 0.285. The van der Waals surface area contributed by atoms with E-state index in [0.717, 1.165) is 25.3 Å². The van der Waals surface area contributed by atoms with Gasteiger partial charge in [-0.05, 0) is 18.6 Å². The summed E-state index contributed by atoms with van der Waals surface area (Å²) in [7, 11) is 3.72. The molecule has 0 bridgehead atoms. The molecule has 0 aliphatic rings. The first-order valence-corrected chi connectivity index (χ1v) is 4.74. The molecular weight excluding hydrogens is 202 g/mol. The van der Waals surface area contributed by atoms with E-state index in [0.29, 0.717) is 0 Å². The van der Waals surface area contributed by atoms with Crippen LogP contribution in [0.2, 0.25) is 5.28 Å². The Morgan fingerprint density at radius 1 is 1.43 bits per heavy atom. The largest absolute Gasteiger partial charge is 0.383 e. The third-order valence-corrected chi connectivity index (χ3v) is 2.00. The first kappa shape index (κ1) is 11.4. The molecule has 0 N–H and O–H groups in total. The zero-order valence-corrected chi connectivity index (χ0v) is 9.16. The normalized spacial score (nSPS) is 10.9. The van der Waals surface area contributed by atoms with Gasteiger partial charge in [0.15, 0.2) is 0 Å². The second-order valence-corrected chi connectivity index (χ2v) is 3.43. The van der Waals surface area contributed by atoms with E-state index in [2.05, 4.69) is 14.9 Å². The van der Waals surface area contributed by atoms with Crippen molar-refractivity contribution in [2.24, 2.45) is 0 Å². The number of halogens is 1. The van der Waals surface area contributed by atoms with E-state index in [1.807, 2.05) is 7.05 Å². The molecule has 0 unspecified atom stereocenters. The Balaban J connectivity index is 2.39. The summed E-state index contributed by atoms with van der Waals surface area (Å²) in [6, 6.07) is 0. The highest BCUT2D eigenvalue weighted by atomic mass is 35.5.